The number of aryl methyl sites for hydroxylation is 1. The van der Waals surface area contributed by atoms with Gasteiger partial charge in [-0.1, -0.05) is 19.1 Å². The van der Waals surface area contributed by atoms with E-state index < -0.39 is 0 Å². The Hall–Kier alpha value is -3.15. The normalized spacial score (nSPS) is 11.3. The predicted octanol–water partition coefficient (Wildman–Crippen LogP) is 4.60. The number of hydrogen-bond acceptors (Lipinski definition) is 4. The van der Waals surface area contributed by atoms with Crippen molar-refractivity contribution in [1.82, 2.24) is 24.3 Å². The summed E-state index contributed by atoms with van der Waals surface area (Å²) in [7, 11) is 0. The average Bonchev–Trinajstić information content (AvgIpc) is 3.37. The number of hydrogen-bond donors (Lipinski definition) is 0. The van der Waals surface area contributed by atoms with Crippen molar-refractivity contribution >= 4 is 16.9 Å². The van der Waals surface area contributed by atoms with Crippen LogP contribution in [0.1, 0.15) is 32.9 Å². The van der Waals surface area contributed by atoms with Crippen LogP contribution in [0.25, 0.3) is 22.4 Å². The molecule has 3 aromatic heterocycles. The molecule has 0 saturated heterocycles. The second-order valence-electron chi connectivity index (χ2n) is 7.16. The maximum Gasteiger partial charge on any atom is 0.143 e. The van der Waals surface area contributed by atoms with Gasteiger partial charge in [0.15, 0.2) is 0 Å². The highest BCUT2D eigenvalue weighted by Gasteiger charge is 2.15. The Morgan fingerprint density at radius 3 is 2.55 bits per heavy atom. The summed E-state index contributed by atoms with van der Waals surface area (Å²) in [5.74, 6) is 1.94. The van der Waals surface area contributed by atoms with E-state index in [2.05, 4.69) is 71.7 Å². The zero-order valence-corrected chi connectivity index (χ0v) is 17.4. The summed E-state index contributed by atoms with van der Waals surface area (Å²) in [6.45, 7) is 9.98. The van der Waals surface area contributed by atoms with E-state index in [1.807, 2.05) is 23.1 Å². The van der Waals surface area contributed by atoms with Gasteiger partial charge in [0.05, 0.1) is 23.3 Å². The Morgan fingerprint density at radius 2 is 1.86 bits per heavy atom. The molecule has 0 aliphatic heterocycles. The number of aromatic nitrogens is 5. The number of rotatable bonds is 8. The number of benzene rings is 1. The Labute approximate surface area is 171 Å². The molecule has 0 radical (unpaired) electrons. The van der Waals surface area contributed by atoms with E-state index in [0.717, 1.165) is 60.0 Å². The van der Waals surface area contributed by atoms with Crippen LogP contribution in [0.15, 0.2) is 54.9 Å². The molecule has 0 unspecified atom stereocenters. The fraction of sp³-hybridized carbons (Fsp3) is 0.348. The van der Waals surface area contributed by atoms with Crippen LogP contribution in [0.3, 0.4) is 0 Å². The van der Waals surface area contributed by atoms with Gasteiger partial charge < -0.3 is 9.47 Å². The molecule has 0 atom stereocenters. The monoisotopic (exact) mass is 388 g/mol. The number of pyridine rings is 1. The summed E-state index contributed by atoms with van der Waals surface area (Å²) < 4.78 is 4.19. The van der Waals surface area contributed by atoms with Gasteiger partial charge in [-0.2, -0.15) is 5.10 Å². The first-order chi connectivity index (χ1) is 14.2. The summed E-state index contributed by atoms with van der Waals surface area (Å²) in [6, 6.07) is 14.6. The highest BCUT2D eigenvalue weighted by Crippen LogP contribution is 2.26. The van der Waals surface area contributed by atoms with Crippen LogP contribution in [-0.2, 0) is 13.1 Å². The number of para-hydroxylation sites is 2. The number of imidazole rings is 1. The summed E-state index contributed by atoms with van der Waals surface area (Å²) >= 11 is 0. The van der Waals surface area contributed by atoms with Gasteiger partial charge in [0, 0.05) is 37.6 Å². The highest BCUT2D eigenvalue weighted by molar-refractivity contribution is 5.80. The van der Waals surface area contributed by atoms with Gasteiger partial charge in [0.2, 0.25) is 0 Å². The molecular formula is C23H28N6. The van der Waals surface area contributed by atoms with E-state index in [0.29, 0.717) is 6.54 Å². The van der Waals surface area contributed by atoms with Gasteiger partial charge in [-0.05, 0) is 50.6 Å². The highest BCUT2D eigenvalue weighted by atomic mass is 15.3. The van der Waals surface area contributed by atoms with Gasteiger partial charge in [-0.25, -0.2) is 9.97 Å². The van der Waals surface area contributed by atoms with Crippen LogP contribution in [0.4, 0.5) is 5.82 Å². The minimum absolute atomic E-state index is 0.682. The van der Waals surface area contributed by atoms with Gasteiger partial charge >= 0.3 is 0 Å². The minimum atomic E-state index is 0.682. The number of nitrogens with zero attached hydrogens (tertiary/aromatic N) is 6. The Bertz CT molecular complexity index is 1080. The average molecular weight is 389 g/mol. The molecule has 1 aromatic carbocycles. The Kier molecular flexibility index (Phi) is 5.60. The Balaban J connectivity index is 1.73. The molecule has 0 bridgehead atoms. The van der Waals surface area contributed by atoms with E-state index in [1.165, 1.54) is 0 Å². The van der Waals surface area contributed by atoms with Crippen molar-refractivity contribution in [1.29, 1.82) is 0 Å². The lowest BCUT2D eigenvalue weighted by Crippen LogP contribution is -2.24. The lowest BCUT2D eigenvalue weighted by molar-refractivity contribution is 0.639. The van der Waals surface area contributed by atoms with Gasteiger partial charge in [0.1, 0.15) is 11.6 Å². The second kappa shape index (κ2) is 8.47. The van der Waals surface area contributed by atoms with Crippen LogP contribution >= 0.6 is 0 Å². The molecule has 6 nitrogen and oxygen atoms in total. The fourth-order valence-corrected chi connectivity index (χ4v) is 3.69. The molecule has 0 saturated carbocycles. The van der Waals surface area contributed by atoms with E-state index in [1.54, 1.807) is 0 Å². The summed E-state index contributed by atoms with van der Waals surface area (Å²) in [5.41, 5.74) is 4.15. The molecule has 0 fully saturated rings. The molecule has 0 aliphatic carbocycles. The zero-order valence-electron chi connectivity index (χ0n) is 17.4. The molecule has 0 spiro atoms. The van der Waals surface area contributed by atoms with Crippen molar-refractivity contribution < 1.29 is 0 Å². The molecule has 3 heterocycles. The first-order valence-electron chi connectivity index (χ1n) is 10.4. The molecule has 4 aromatic rings. The molecule has 150 valence electrons. The SMILES string of the molecule is CCCN(CC)c1ccc(-c2nc3ccccc3n2Cc2ccn(CC)n2)cn1. The molecule has 0 amide bonds. The first kappa shape index (κ1) is 19.2. The van der Waals surface area contributed by atoms with E-state index in [9.17, 15) is 0 Å². The summed E-state index contributed by atoms with van der Waals surface area (Å²) in [5, 5.41) is 4.66. The fourth-order valence-electron chi connectivity index (χ4n) is 3.69. The minimum Gasteiger partial charge on any atom is -0.357 e. The topological polar surface area (TPSA) is 51.8 Å². The van der Waals surface area contributed by atoms with Gasteiger partial charge in [-0.15, -0.1) is 0 Å². The third-order valence-corrected chi connectivity index (χ3v) is 5.20. The van der Waals surface area contributed by atoms with E-state index in [4.69, 9.17) is 9.97 Å². The maximum atomic E-state index is 4.91. The van der Waals surface area contributed by atoms with E-state index >= 15 is 0 Å². The van der Waals surface area contributed by atoms with Crippen molar-refractivity contribution in [3.05, 3.63) is 60.6 Å². The van der Waals surface area contributed by atoms with Crippen molar-refractivity contribution in [3.63, 3.8) is 0 Å². The summed E-state index contributed by atoms with van der Waals surface area (Å²) in [6.07, 6.45) is 5.07. The van der Waals surface area contributed by atoms with Crippen LogP contribution in [0.5, 0.6) is 0 Å². The summed E-state index contributed by atoms with van der Waals surface area (Å²) in [4.78, 5) is 11.9. The molecular weight excluding hydrogens is 360 g/mol. The smallest absolute Gasteiger partial charge is 0.143 e. The largest absolute Gasteiger partial charge is 0.357 e. The molecule has 0 N–H and O–H groups in total. The molecule has 0 aliphatic rings. The Morgan fingerprint density at radius 1 is 1.00 bits per heavy atom. The van der Waals surface area contributed by atoms with Crippen LogP contribution in [0, 0.1) is 0 Å². The van der Waals surface area contributed by atoms with Crippen molar-refractivity contribution in [2.45, 2.75) is 40.3 Å². The zero-order chi connectivity index (χ0) is 20.2. The lowest BCUT2D eigenvalue weighted by Gasteiger charge is -2.21. The van der Waals surface area contributed by atoms with Crippen LogP contribution in [0.2, 0.25) is 0 Å². The van der Waals surface area contributed by atoms with Crippen molar-refractivity contribution in [3.8, 4) is 11.4 Å². The number of fused-ring (bicyclic) bond motifs is 1. The standard InChI is InChI=1S/C23H28N6/c1-4-14-27(5-2)22-12-11-18(16-24-22)23-25-20-9-7-8-10-21(20)29(23)17-19-13-15-28(6-3)26-19/h7-13,15-16H,4-6,14,17H2,1-3H3. The van der Waals surface area contributed by atoms with Gasteiger partial charge in [0.25, 0.3) is 0 Å². The quantitative estimate of drug-likeness (QED) is 0.443. The van der Waals surface area contributed by atoms with Crippen molar-refractivity contribution in [2.24, 2.45) is 0 Å². The second-order valence-corrected chi connectivity index (χ2v) is 7.16. The van der Waals surface area contributed by atoms with Crippen molar-refractivity contribution in [2.75, 3.05) is 18.0 Å². The van der Waals surface area contributed by atoms with E-state index in [-0.39, 0.29) is 0 Å². The molecule has 29 heavy (non-hydrogen) atoms. The number of anilines is 1. The van der Waals surface area contributed by atoms with Crippen LogP contribution < -0.4 is 4.90 Å². The lowest BCUT2D eigenvalue weighted by atomic mass is 10.2. The maximum absolute atomic E-state index is 4.91. The van der Waals surface area contributed by atoms with Gasteiger partial charge in [-0.3, -0.25) is 4.68 Å². The molecule has 4 rings (SSSR count). The van der Waals surface area contributed by atoms with Crippen LogP contribution in [-0.4, -0.2) is 37.4 Å². The third kappa shape index (κ3) is 3.88. The third-order valence-electron chi connectivity index (χ3n) is 5.20. The molecule has 6 heteroatoms. The predicted molar refractivity (Wildman–Crippen MR) is 118 cm³/mol. The first-order valence-corrected chi connectivity index (χ1v) is 10.4.